The molecule has 146 valence electrons. The van der Waals surface area contributed by atoms with E-state index in [1.165, 1.54) is 0 Å². The first kappa shape index (κ1) is 19.2. The van der Waals surface area contributed by atoms with Gasteiger partial charge in [0.1, 0.15) is 18.2 Å². The van der Waals surface area contributed by atoms with Gasteiger partial charge in [-0.25, -0.2) is 9.78 Å². The number of ether oxygens (including phenoxy) is 2. The second kappa shape index (κ2) is 8.90. The highest BCUT2D eigenvalue weighted by Crippen LogP contribution is 2.26. The maximum atomic E-state index is 12.9. The van der Waals surface area contributed by atoms with Crippen molar-refractivity contribution in [3.05, 3.63) is 42.5 Å². The fraction of sp³-hybridized carbons (Fsp3) is 0.500. The van der Waals surface area contributed by atoms with Gasteiger partial charge in [-0.1, -0.05) is 12.1 Å². The van der Waals surface area contributed by atoms with Gasteiger partial charge in [0.2, 0.25) is 0 Å². The summed E-state index contributed by atoms with van der Waals surface area (Å²) in [5.41, 5.74) is 0.658. The largest absolute Gasteiger partial charge is 0.489 e. The molecule has 0 spiro atoms. The molecular formula is C20H28N4O3. The molecule has 0 bridgehead atoms. The van der Waals surface area contributed by atoms with Crippen LogP contribution < -0.4 is 10.1 Å². The van der Waals surface area contributed by atoms with E-state index in [4.69, 9.17) is 9.47 Å². The molecule has 1 saturated heterocycles. The van der Waals surface area contributed by atoms with E-state index < -0.39 is 0 Å². The third kappa shape index (κ3) is 5.01. The van der Waals surface area contributed by atoms with Gasteiger partial charge in [0.25, 0.3) is 0 Å². The van der Waals surface area contributed by atoms with Gasteiger partial charge in [-0.2, -0.15) is 0 Å². The second-order valence-corrected chi connectivity index (χ2v) is 7.05. The number of rotatable bonds is 7. The summed E-state index contributed by atoms with van der Waals surface area (Å²) >= 11 is 0. The lowest BCUT2D eigenvalue weighted by atomic mass is 10.2. The van der Waals surface area contributed by atoms with Crippen LogP contribution in [-0.2, 0) is 18.3 Å². The lowest BCUT2D eigenvalue weighted by Gasteiger charge is -2.27. The Morgan fingerprint density at radius 3 is 2.93 bits per heavy atom. The van der Waals surface area contributed by atoms with Crippen molar-refractivity contribution in [2.24, 2.45) is 7.05 Å². The summed E-state index contributed by atoms with van der Waals surface area (Å²) < 4.78 is 13.4. The zero-order valence-electron chi connectivity index (χ0n) is 16.2. The highest BCUT2D eigenvalue weighted by molar-refractivity contribution is 5.91. The van der Waals surface area contributed by atoms with E-state index in [-0.39, 0.29) is 18.2 Å². The van der Waals surface area contributed by atoms with Crippen LogP contribution in [0.3, 0.4) is 0 Å². The summed E-state index contributed by atoms with van der Waals surface area (Å²) in [5, 5.41) is 2.98. The summed E-state index contributed by atoms with van der Waals surface area (Å²) in [4.78, 5) is 19.0. The van der Waals surface area contributed by atoms with Crippen molar-refractivity contribution in [3.8, 4) is 5.75 Å². The lowest BCUT2D eigenvalue weighted by Crippen LogP contribution is -2.40. The van der Waals surface area contributed by atoms with Crippen molar-refractivity contribution < 1.29 is 14.3 Å². The maximum absolute atomic E-state index is 12.9. The number of anilines is 1. The highest BCUT2D eigenvalue weighted by Gasteiger charge is 2.21. The van der Waals surface area contributed by atoms with Crippen molar-refractivity contribution in [1.82, 2.24) is 14.5 Å². The molecule has 1 N–H and O–H groups in total. The fourth-order valence-corrected chi connectivity index (χ4v) is 3.03. The van der Waals surface area contributed by atoms with E-state index in [0.717, 1.165) is 25.3 Å². The van der Waals surface area contributed by atoms with Gasteiger partial charge in [0, 0.05) is 32.1 Å². The third-order valence-corrected chi connectivity index (χ3v) is 4.69. The predicted molar refractivity (Wildman–Crippen MR) is 104 cm³/mol. The quantitative estimate of drug-likeness (QED) is 0.809. The molecule has 1 aliphatic rings. The van der Waals surface area contributed by atoms with E-state index >= 15 is 0 Å². The molecule has 2 amide bonds. The van der Waals surface area contributed by atoms with Crippen LogP contribution >= 0.6 is 0 Å². The smallest absolute Gasteiger partial charge is 0.322 e. The zero-order valence-corrected chi connectivity index (χ0v) is 16.2. The molecule has 1 aliphatic heterocycles. The van der Waals surface area contributed by atoms with Gasteiger partial charge in [-0.15, -0.1) is 0 Å². The van der Waals surface area contributed by atoms with Crippen LogP contribution in [0.15, 0.2) is 36.7 Å². The van der Waals surface area contributed by atoms with Gasteiger partial charge in [-0.3, -0.25) is 0 Å². The standard InChI is InChI=1S/C20H28N4O3/c1-15(2)24(13-19-21-10-11-23(19)3)20(25)22-17-8-4-5-9-18(17)27-14-16-7-6-12-26-16/h4-5,8-11,15-16H,6-7,12-14H2,1-3H3,(H,22,25). The van der Waals surface area contributed by atoms with Gasteiger partial charge in [-0.05, 0) is 38.8 Å². The Bertz CT molecular complexity index is 753. The SMILES string of the molecule is CC(C)N(Cc1nccn1C)C(=O)Nc1ccccc1OCC1CCCO1. The number of hydrogen-bond donors (Lipinski definition) is 1. The van der Waals surface area contributed by atoms with Crippen LogP contribution in [0.5, 0.6) is 5.75 Å². The Balaban J connectivity index is 1.67. The van der Waals surface area contributed by atoms with E-state index in [0.29, 0.717) is 24.6 Å². The lowest BCUT2D eigenvalue weighted by molar-refractivity contribution is 0.0682. The Kier molecular flexibility index (Phi) is 6.34. The minimum absolute atomic E-state index is 0.0293. The highest BCUT2D eigenvalue weighted by atomic mass is 16.5. The molecule has 0 aliphatic carbocycles. The van der Waals surface area contributed by atoms with E-state index in [9.17, 15) is 4.79 Å². The Morgan fingerprint density at radius 2 is 2.26 bits per heavy atom. The first-order valence-corrected chi connectivity index (χ1v) is 9.42. The number of carbonyl (C=O) groups is 1. The average Bonchev–Trinajstić information content (AvgIpc) is 3.30. The number of aryl methyl sites for hydroxylation is 1. The Labute approximate surface area is 160 Å². The van der Waals surface area contributed by atoms with Crippen LogP contribution in [-0.4, -0.2) is 45.8 Å². The first-order chi connectivity index (χ1) is 13.0. The number of urea groups is 1. The Hall–Kier alpha value is -2.54. The first-order valence-electron chi connectivity index (χ1n) is 9.42. The Morgan fingerprint density at radius 1 is 1.44 bits per heavy atom. The fourth-order valence-electron chi connectivity index (χ4n) is 3.03. The molecule has 1 aromatic heterocycles. The summed E-state index contributed by atoms with van der Waals surface area (Å²) in [7, 11) is 1.92. The number of aromatic nitrogens is 2. The van der Waals surface area contributed by atoms with Gasteiger partial charge in [0.05, 0.1) is 18.3 Å². The van der Waals surface area contributed by atoms with E-state index in [1.807, 2.05) is 55.9 Å². The van der Waals surface area contributed by atoms with Crippen molar-refractivity contribution in [2.45, 2.75) is 45.4 Å². The minimum Gasteiger partial charge on any atom is -0.489 e. The molecule has 1 unspecified atom stereocenters. The minimum atomic E-state index is -0.179. The summed E-state index contributed by atoms with van der Waals surface area (Å²) in [6.45, 7) is 5.70. The van der Waals surface area contributed by atoms with Crippen molar-refractivity contribution in [1.29, 1.82) is 0 Å². The van der Waals surface area contributed by atoms with Crippen LogP contribution in [0, 0.1) is 0 Å². The number of amides is 2. The number of hydrogen-bond acceptors (Lipinski definition) is 4. The summed E-state index contributed by atoms with van der Waals surface area (Å²) in [6.07, 6.45) is 5.83. The van der Waals surface area contributed by atoms with Crippen molar-refractivity contribution in [3.63, 3.8) is 0 Å². The molecule has 1 fully saturated rings. The molecule has 2 heterocycles. The number of carbonyl (C=O) groups excluding carboxylic acids is 1. The third-order valence-electron chi connectivity index (χ3n) is 4.69. The van der Waals surface area contributed by atoms with Crippen LogP contribution in [0.2, 0.25) is 0 Å². The van der Waals surface area contributed by atoms with Crippen LogP contribution in [0.1, 0.15) is 32.5 Å². The van der Waals surface area contributed by atoms with Crippen molar-refractivity contribution in [2.75, 3.05) is 18.5 Å². The average molecular weight is 372 g/mol. The monoisotopic (exact) mass is 372 g/mol. The maximum Gasteiger partial charge on any atom is 0.322 e. The number of para-hydroxylation sites is 2. The molecular weight excluding hydrogens is 344 g/mol. The summed E-state index contributed by atoms with van der Waals surface area (Å²) in [5.74, 6) is 1.49. The van der Waals surface area contributed by atoms with Gasteiger partial charge >= 0.3 is 6.03 Å². The van der Waals surface area contributed by atoms with Crippen LogP contribution in [0.25, 0.3) is 0 Å². The number of benzene rings is 1. The summed E-state index contributed by atoms with van der Waals surface area (Å²) in [6, 6.07) is 7.34. The van der Waals surface area contributed by atoms with E-state index in [2.05, 4.69) is 10.3 Å². The molecule has 2 aromatic rings. The van der Waals surface area contributed by atoms with Gasteiger partial charge in [0.15, 0.2) is 0 Å². The molecule has 1 aromatic carbocycles. The van der Waals surface area contributed by atoms with Gasteiger partial charge < -0.3 is 24.3 Å². The normalized spacial score (nSPS) is 16.5. The topological polar surface area (TPSA) is 68.6 Å². The molecule has 3 rings (SSSR count). The number of imidazole rings is 1. The van der Waals surface area contributed by atoms with E-state index in [1.54, 1.807) is 11.1 Å². The molecule has 0 radical (unpaired) electrons. The number of nitrogens with zero attached hydrogens (tertiary/aromatic N) is 3. The van der Waals surface area contributed by atoms with Crippen molar-refractivity contribution >= 4 is 11.7 Å². The molecule has 1 atom stereocenters. The predicted octanol–water partition coefficient (Wildman–Crippen LogP) is 3.42. The molecule has 7 heteroatoms. The second-order valence-electron chi connectivity index (χ2n) is 7.05. The molecule has 27 heavy (non-hydrogen) atoms. The van der Waals surface area contributed by atoms with Crippen LogP contribution in [0.4, 0.5) is 10.5 Å². The molecule has 0 saturated carbocycles. The zero-order chi connectivity index (χ0) is 19.2. The molecule has 7 nitrogen and oxygen atoms in total. The number of nitrogens with one attached hydrogen (secondary N) is 1.